The van der Waals surface area contributed by atoms with E-state index in [4.69, 9.17) is 9.47 Å². The van der Waals surface area contributed by atoms with Crippen LogP contribution in [0.4, 0.5) is 4.79 Å². The molecule has 0 aliphatic heterocycles. The zero-order chi connectivity index (χ0) is 16.7. The third kappa shape index (κ3) is 2.43. The number of carbonyl (C=O) groups excluding carboxylic acids is 1. The van der Waals surface area contributed by atoms with E-state index in [-0.39, 0.29) is 12.1 Å². The molecule has 24 heavy (non-hydrogen) atoms. The van der Waals surface area contributed by atoms with Crippen LogP contribution < -0.4 is 10.1 Å². The van der Waals surface area contributed by atoms with Crippen LogP contribution in [0.1, 0.15) is 37.7 Å². The lowest BCUT2D eigenvalue weighted by Crippen LogP contribution is -2.43. The first-order chi connectivity index (χ1) is 11.7. The molecule has 1 heterocycles. The Balaban J connectivity index is 1.69. The number of alkyl carbamates (subject to hydrolysis) is 1. The molecule has 2 aliphatic rings. The largest absolute Gasteiger partial charge is 0.497 e. The van der Waals surface area contributed by atoms with Gasteiger partial charge in [-0.05, 0) is 61.8 Å². The number of hydrogen-bond acceptors (Lipinski definition) is 3. The van der Waals surface area contributed by atoms with Gasteiger partial charge < -0.3 is 19.8 Å². The predicted octanol–water partition coefficient (Wildman–Crippen LogP) is 3.80. The Labute approximate surface area is 141 Å². The van der Waals surface area contributed by atoms with E-state index < -0.39 is 0 Å². The smallest absolute Gasteiger partial charge is 0.407 e. The molecule has 2 aliphatic carbocycles. The molecule has 0 spiro atoms. The number of hydrogen-bond donors (Lipinski definition) is 2. The number of methoxy groups -OCH3 is 1. The highest BCUT2D eigenvalue weighted by molar-refractivity contribution is 5.85. The molecule has 0 unspecified atom stereocenters. The molecular weight excluding hydrogens is 304 g/mol. The van der Waals surface area contributed by atoms with Crippen LogP contribution in [-0.2, 0) is 4.74 Å². The Morgan fingerprint density at radius 2 is 2.17 bits per heavy atom. The van der Waals surface area contributed by atoms with Crippen LogP contribution in [0.2, 0.25) is 0 Å². The van der Waals surface area contributed by atoms with Crippen LogP contribution in [-0.4, -0.2) is 30.8 Å². The molecule has 128 valence electrons. The van der Waals surface area contributed by atoms with Crippen molar-refractivity contribution in [3.63, 3.8) is 0 Å². The number of aromatic amines is 1. The zero-order valence-corrected chi connectivity index (χ0v) is 14.2. The fourth-order valence-corrected chi connectivity index (χ4v) is 4.78. The van der Waals surface area contributed by atoms with Gasteiger partial charge in [-0.15, -0.1) is 0 Å². The average Bonchev–Trinajstić information content (AvgIpc) is 3.28. The molecule has 4 atom stereocenters. The Kier molecular flexibility index (Phi) is 3.87. The van der Waals surface area contributed by atoms with Crippen LogP contribution in [0.25, 0.3) is 10.9 Å². The molecule has 5 heteroatoms. The van der Waals surface area contributed by atoms with Crippen molar-refractivity contribution in [2.75, 3.05) is 13.7 Å². The van der Waals surface area contributed by atoms with Crippen LogP contribution >= 0.6 is 0 Å². The van der Waals surface area contributed by atoms with E-state index >= 15 is 0 Å². The van der Waals surface area contributed by atoms with Gasteiger partial charge in [-0.1, -0.05) is 0 Å². The van der Waals surface area contributed by atoms with Crippen molar-refractivity contribution in [2.45, 2.75) is 38.1 Å². The first-order valence-corrected chi connectivity index (χ1v) is 8.79. The zero-order valence-electron chi connectivity index (χ0n) is 14.2. The molecule has 4 rings (SSSR count). The first kappa shape index (κ1) is 15.4. The fourth-order valence-electron chi connectivity index (χ4n) is 4.78. The molecule has 0 saturated heterocycles. The summed E-state index contributed by atoms with van der Waals surface area (Å²) in [6, 6.07) is 6.28. The Morgan fingerprint density at radius 3 is 2.96 bits per heavy atom. The fraction of sp³-hybridized carbons (Fsp3) is 0.526. The van der Waals surface area contributed by atoms with Gasteiger partial charge in [0.1, 0.15) is 5.75 Å². The number of H-pyrrole nitrogens is 1. The maximum absolute atomic E-state index is 12.0. The quantitative estimate of drug-likeness (QED) is 0.897. The minimum atomic E-state index is -0.294. The van der Waals surface area contributed by atoms with E-state index in [0.29, 0.717) is 24.4 Å². The second kappa shape index (κ2) is 6.04. The second-order valence-electron chi connectivity index (χ2n) is 6.91. The van der Waals surface area contributed by atoms with E-state index in [0.717, 1.165) is 11.3 Å². The van der Waals surface area contributed by atoms with Crippen molar-refractivity contribution in [1.29, 1.82) is 0 Å². The normalized spacial score (nSPS) is 28.2. The highest BCUT2D eigenvalue weighted by Gasteiger charge is 2.49. The van der Waals surface area contributed by atoms with Crippen LogP contribution in [0, 0.1) is 11.8 Å². The van der Waals surface area contributed by atoms with Crippen LogP contribution in [0.15, 0.2) is 24.4 Å². The lowest BCUT2D eigenvalue weighted by Gasteiger charge is -2.31. The van der Waals surface area contributed by atoms with Crippen molar-refractivity contribution in [2.24, 2.45) is 11.8 Å². The molecule has 2 saturated carbocycles. The van der Waals surface area contributed by atoms with E-state index in [2.05, 4.69) is 28.6 Å². The summed E-state index contributed by atoms with van der Waals surface area (Å²) in [4.78, 5) is 15.4. The number of rotatable bonds is 4. The number of benzene rings is 1. The molecule has 2 N–H and O–H groups in total. The Morgan fingerprint density at radius 1 is 1.33 bits per heavy atom. The van der Waals surface area contributed by atoms with Gasteiger partial charge in [0.05, 0.1) is 13.7 Å². The molecule has 1 aromatic carbocycles. The maximum atomic E-state index is 12.0. The van der Waals surface area contributed by atoms with Gasteiger partial charge in [-0.2, -0.15) is 0 Å². The minimum absolute atomic E-state index is 0.160. The lowest BCUT2D eigenvalue weighted by molar-refractivity contribution is 0.141. The number of ether oxygens (including phenoxy) is 2. The molecule has 0 radical (unpaired) electrons. The van der Waals surface area contributed by atoms with Gasteiger partial charge in [0.2, 0.25) is 0 Å². The van der Waals surface area contributed by atoms with E-state index in [9.17, 15) is 4.79 Å². The van der Waals surface area contributed by atoms with E-state index in [1.165, 1.54) is 30.2 Å². The van der Waals surface area contributed by atoms with Gasteiger partial charge in [0.25, 0.3) is 0 Å². The summed E-state index contributed by atoms with van der Waals surface area (Å²) in [5.41, 5.74) is 2.40. The highest BCUT2D eigenvalue weighted by Crippen LogP contribution is 2.54. The highest BCUT2D eigenvalue weighted by atomic mass is 16.5. The van der Waals surface area contributed by atoms with Crippen molar-refractivity contribution < 1.29 is 14.3 Å². The van der Waals surface area contributed by atoms with E-state index in [1.807, 2.05) is 13.0 Å². The average molecular weight is 328 g/mol. The first-order valence-electron chi connectivity index (χ1n) is 8.79. The van der Waals surface area contributed by atoms with Gasteiger partial charge in [-0.25, -0.2) is 4.79 Å². The number of nitrogens with one attached hydrogen (secondary N) is 2. The predicted molar refractivity (Wildman–Crippen MR) is 92.4 cm³/mol. The summed E-state index contributed by atoms with van der Waals surface area (Å²) in [5, 5.41) is 4.33. The third-order valence-electron chi connectivity index (χ3n) is 5.76. The number of fused-ring (bicyclic) bond motifs is 3. The summed E-state index contributed by atoms with van der Waals surface area (Å²) in [7, 11) is 1.69. The summed E-state index contributed by atoms with van der Waals surface area (Å²) in [6.07, 6.45) is 5.45. The van der Waals surface area contributed by atoms with Crippen LogP contribution in [0.3, 0.4) is 0 Å². The third-order valence-corrected chi connectivity index (χ3v) is 5.76. The molecule has 1 amide bonds. The molecule has 2 fully saturated rings. The number of carbonyl (C=O) groups is 1. The number of amides is 1. The standard InChI is InChI=1S/C19H24N2O3/c1-3-24-19(22)21-18-12-5-4-11(8-12)17(18)15-10-20-16-7-6-13(23-2)9-14(15)16/h6-7,9-12,17-18,20H,3-5,8H2,1-2H3,(H,21,22)/t11-,12+,17+,18-/m0/s1. The van der Waals surface area contributed by atoms with Crippen molar-refractivity contribution in [3.8, 4) is 5.75 Å². The lowest BCUT2D eigenvalue weighted by atomic mass is 9.79. The van der Waals surface area contributed by atoms with Gasteiger partial charge >= 0.3 is 6.09 Å². The summed E-state index contributed by atoms with van der Waals surface area (Å²) in [6.45, 7) is 2.24. The van der Waals surface area contributed by atoms with Gasteiger partial charge in [0.15, 0.2) is 0 Å². The summed E-state index contributed by atoms with van der Waals surface area (Å²) in [5.74, 6) is 2.39. The van der Waals surface area contributed by atoms with Gasteiger partial charge in [0, 0.05) is 29.1 Å². The molecule has 2 bridgehead atoms. The SMILES string of the molecule is CCOC(=O)N[C@H]1[C@@H]2CC[C@@H](C2)[C@@H]1c1c[nH]c2ccc(OC)cc12. The van der Waals surface area contributed by atoms with Gasteiger partial charge in [-0.3, -0.25) is 0 Å². The molecule has 2 aromatic rings. The minimum Gasteiger partial charge on any atom is -0.497 e. The van der Waals surface area contributed by atoms with Crippen molar-refractivity contribution >= 4 is 17.0 Å². The molecule has 5 nitrogen and oxygen atoms in total. The Hall–Kier alpha value is -2.17. The van der Waals surface area contributed by atoms with Crippen molar-refractivity contribution in [1.82, 2.24) is 10.3 Å². The molecular formula is C19H24N2O3. The summed E-state index contributed by atoms with van der Waals surface area (Å²) >= 11 is 0. The second-order valence-corrected chi connectivity index (χ2v) is 6.91. The summed E-state index contributed by atoms with van der Waals surface area (Å²) < 4.78 is 10.5. The Bertz CT molecular complexity index is 754. The number of aromatic nitrogens is 1. The maximum Gasteiger partial charge on any atom is 0.407 e. The topological polar surface area (TPSA) is 63.3 Å². The van der Waals surface area contributed by atoms with Crippen LogP contribution in [0.5, 0.6) is 5.75 Å². The monoisotopic (exact) mass is 328 g/mol. The van der Waals surface area contributed by atoms with Crippen molar-refractivity contribution in [3.05, 3.63) is 30.0 Å². The van der Waals surface area contributed by atoms with E-state index in [1.54, 1.807) is 7.11 Å². The molecule has 1 aromatic heterocycles.